The SMILES string of the molecule is Nc1cccc(CC(N)c2cccc(C(N)Cc3cccc(N)c3)c2)c1. The molecule has 0 spiro atoms. The molecular formula is C22H26N4. The fourth-order valence-electron chi connectivity index (χ4n) is 3.20. The molecule has 0 radical (unpaired) electrons. The van der Waals surface area contributed by atoms with Crippen molar-refractivity contribution < 1.29 is 0 Å². The number of hydrogen-bond donors (Lipinski definition) is 4. The van der Waals surface area contributed by atoms with E-state index in [1.807, 2.05) is 66.7 Å². The predicted octanol–water partition coefficient (Wildman–Crippen LogP) is 3.34. The molecule has 0 aromatic heterocycles. The van der Waals surface area contributed by atoms with E-state index in [0.717, 1.165) is 46.5 Å². The van der Waals surface area contributed by atoms with Crippen LogP contribution in [-0.4, -0.2) is 0 Å². The van der Waals surface area contributed by atoms with Crippen LogP contribution in [0.25, 0.3) is 0 Å². The highest BCUT2D eigenvalue weighted by molar-refractivity contribution is 5.42. The summed E-state index contributed by atoms with van der Waals surface area (Å²) in [5, 5.41) is 0. The second kappa shape index (κ2) is 8.04. The van der Waals surface area contributed by atoms with Gasteiger partial charge in [-0.25, -0.2) is 0 Å². The maximum Gasteiger partial charge on any atom is 0.0335 e. The maximum atomic E-state index is 6.42. The first-order valence-electron chi connectivity index (χ1n) is 8.81. The minimum atomic E-state index is -0.101. The number of benzene rings is 3. The van der Waals surface area contributed by atoms with Crippen LogP contribution in [0.4, 0.5) is 11.4 Å². The van der Waals surface area contributed by atoms with Crippen LogP contribution in [0.5, 0.6) is 0 Å². The second-order valence-electron chi connectivity index (χ2n) is 6.78. The average molecular weight is 346 g/mol. The van der Waals surface area contributed by atoms with Gasteiger partial charge in [-0.05, 0) is 59.4 Å². The number of nitrogens with two attached hydrogens (primary N) is 4. The molecule has 8 N–H and O–H groups in total. The zero-order chi connectivity index (χ0) is 18.5. The van der Waals surface area contributed by atoms with Gasteiger partial charge >= 0.3 is 0 Å². The highest BCUT2D eigenvalue weighted by atomic mass is 14.6. The van der Waals surface area contributed by atoms with Crippen molar-refractivity contribution in [2.45, 2.75) is 24.9 Å². The normalized spacial score (nSPS) is 13.3. The van der Waals surface area contributed by atoms with E-state index in [9.17, 15) is 0 Å². The molecule has 3 aromatic carbocycles. The van der Waals surface area contributed by atoms with Crippen LogP contribution < -0.4 is 22.9 Å². The molecule has 2 unspecified atom stereocenters. The van der Waals surface area contributed by atoms with Gasteiger partial charge in [-0.3, -0.25) is 0 Å². The summed E-state index contributed by atoms with van der Waals surface area (Å²) in [6.45, 7) is 0. The molecule has 0 saturated carbocycles. The molecule has 3 rings (SSSR count). The van der Waals surface area contributed by atoms with E-state index in [0.29, 0.717) is 0 Å². The lowest BCUT2D eigenvalue weighted by Gasteiger charge is -2.17. The summed E-state index contributed by atoms with van der Waals surface area (Å²) < 4.78 is 0. The van der Waals surface area contributed by atoms with E-state index >= 15 is 0 Å². The highest BCUT2D eigenvalue weighted by Gasteiger charge is 2.12. The molecule has 0 aliphatic rings. The summed E-state index contributed by atoms with van der Waals surface area (Å²) in [6.07, 6.45) is 1.47. The third-order valence-corrected chi connectivity index (χ3v) is 4.58. The Labute approximate surface area is 154 Å². The van der Waals surface area contributed by atoms with Gasteiger partial charge in [0.1, 0.15) is 0 Å². The van der Waals surface area contributed by atoms with Crippen molar-refractivity contribution in [2.75, 3.05) is 11.5 Å². The smallest absolute Gasteiger partial charge is 0.0335 e. The topological polar surface area (TPSA) is 104 Å². The van der Waals surface area contributed by atoms with Crippen molar-refractivity contribution in [2.24, 2.45) is 11.5 Å². The Morgan fingerprint density at radius 1 is 0.577 bits per heavy atom. The van der Waals surface area contributed by atoms with Gasteiger partial charge in [0, 0.05) is 23.5 Å². The number of nitrogen functional groups attached to an aromatic ring is 2. The zero-order valence-electron chi connectivity index (χ0n) is 14.8. The number of hydrogen-bond acceptors (Lipinski definition) is 4. The Bertz CT molecular complexity index is 807. The molecule has 0 bridgehead atoms. The first-order valence-corrected chi connectivity index (χ1v) is 8.81. The van der Waals surface area contributed by atoms with E-state index < -0.39 is 0 Å². The number of anilines is 2. The van der Waals surface area contributed by atoms with Crippen molar-refractivity contribution in [1.82, 2.24) is 0 Å². The van der Waals surface area contributed by atoms with Crippen LogP contribution >= 0.6 is 0 Å². The van der Waals surface area contributed by atoms with Gasteiger partial charge in [0.25, 0.3) is 0 Å². The molecule has 0 heterocycles. The summed E-state index contributed by atoms with van der Waals surface area (Å²) in [5.41, 5.74) is 30.5. The Balaban J connectivity index is 1.72. The van der Waals surface area contributed by atoms with Crippen molar-refractivity contribution >= 4 is 11.4 Å². The van der Waals surface area contributed by atoms with Crippen molar-refractivity contribution in [1.29, 1.82) is 0 Å². The first-order chi connectivity index (χ1) is 12.5. The lowest BCUT2D eigenvalue weighted by Crippen LogP contribution is -2.17. The molecule has 2 atom stereocenters. The van der Waals surface area contributed by atoms with Crippen LogP contribution in [0.1, 0.15) is 34.3 Å². The minimum absolute atomic E-state index is 0.101. The fourth-order valence-corrected chi connectivity index (χ4v) is 3.20. The van der Waals surface area contributed by atoms with Crippen molar-refractivity contribution in [3.05, 3.63) is 95.1 Å². The lowest BCUT2D eigenvalue weighted by atomic mass is 9.94. The van der Waals surface area contributed by atoms with Crippen LogP contribution in [0.2, 0.25) is 0 Å². The average Bonchev–Trinajstić information content (AvgIpc) is 2.62. The molecule has 0 amide bonds. The maximum absolute atomic E-state index is 6.42. The van der Waals surface area contributed by atoms with E-state index in [-0.39, 0.29) is 12.1 Å². The van der Waals surface area contributed by atoms with Gasteiger partial charge in [0.15, 0.2) is 0 Å². The molecular weight excluding hydrogens is 320 g/mol. The highest BCUT2D eigenvalue weighted by Crippen LogP contribution is 2.23. The third kappa shape index (κ3) is 4.63. The van der Waals surface area contributed by atoms with E-state index in [4.69, 9.17) is 22.9 Å². The van der Waals surface area contributed by atoms with E-state index in [2.05, 4.69) is 6.07 Å². The second-order valence-corrected chi connectivity index (χ2v) is 6.78. The van der Waals surface area contributed by atoms with E-state index in [1.54, 1.807) is 0 Å². The molecule has 4 nitrogen and oxygen atoms in total. The largest absolute Gasteiger partial charge is 0.399 e. The Morgan fingerprint density at radius 3 is 1.42 bits per heavy atom. The molecule has 4 heteroatoms. The zero-order valence-corrected chi connectivity index (χ0v) is 14.8. The summed E-state index contributed by atoms with van der Waals surface area (Å²) in [5.74, 6) is 0. The summed E-state index contributed by atoms with van der Waals surface area (Å²) in [7, 11) is 0. The molecule has 134 valence electrons. The molecule has 0 aliphatic heterocycles. The standard InChI is InChI=1S/C22H26N4/c23-19-8-1-4-15(10-19)12-21(25)17-6-3-7-18(14-17)22(26)13-16-5-2-9-20(24)11-16/h1-11,14,21-22H,12-13,23-26H2. The summed E-state index contributed by atoms with van der Waals surface area (Å²) in [6, 6.07) is 23.7. The molecule has 0 fully saturated rings. The van der Waals surface area contributed by atoms with Crippen molar-refractivity contribution in [3.63, 3.8) is 0 Å². The molecule has 0 aliphatic carbocycles. The van der Waals surface area contributed by atoms with Crippen LogP contribution in [-0.2, 0) is 12.8 Å². The van der Waals surface area contributed by atoms with E-state index in [1.165, 1.54) is 0 Å². The minimum Gasteiger partial charge on any atom is -0.399 e. The Morgan fingerprint density at radius 2 is 1.00 bits per heavy atom. The Kier molecular flexibility index (Phi) is 5.56. The molecule has 3 aromatic rings. The summed E-state index contributed by atoms with van der Waals surface area (Å²) in [4.78, 5) is 0. The molecule has 0 saturated heterocycles. The quantitative estimate of drug-likeness (QED) is 0.514. The van der Waals surface area contributed by atoms with Gasteiger partial charge in [0.2, 0.25) is 0 Å². The van der Waals surface area contributed by atoms with Crippen LogP contribution in [0.3, 0.4) is 0 Å². The van der Waals surface area contributed by atoms with Gasteiger partial charge < -0.3 is 22.9 Å². The van der Waals surface area contributed by atoms with Gasteiger partial charge in [-0.2, -0.15) is 0 Å². The Hall–Kier alpha value is -2.82. The monoisotopic (exact) mass is 346 g/mol. The lowest BCUT2D eigenvalue weighted by molar-refractivity contribution is 0.699. The van der Waals surface area contributed by atoms with Gasteiger partial charge in [-0.15, -0.1) is 0 Å². The predicted molar refractivity (Wildman–Crippen MR) is 109 cm³/mol. The fraction of sp³-hybridized carbons (Fsp3) is 0.182. The van der Waals surface area contributed by atoms with Crippen molar-refractivity contribution in [3.8, 4) is 0 Å². The van der Waals surface area contributed by atoms with Gasteiger partial charge in [0.05, 0.1) is 0 Å². The van der Waals surface area contributed by atoms with Crippen LogP contribution in [0.15, 0.2) is 72.8 Å². The third-order valence-electron chi connectivity index (χ3n) is 4.58. The van der Waals surface area contributed by atoms with Crippen LogP contribution in [0, 0.1) is 0 Å². The number of rotatable bonds is 6. The molecule has 26 heavy (non-hydrogen) atoms. The van der Waals surface area contributed by atoms with Gasteiger partial charge in [-0.1, -0.05) is 48.5 Å². The summed E-state index contributed by atoms with van der Waals surface area (Å²) >= 11 is 0. The first kappa shape index (κ1) is 18.0.